The molecule has 0 atom stereocenters. The smallest absolute Gasteiger partial charge is 0.342 e. The molecule has 1 aliphatic heterocycles. The van der Waals surface area contributed by atoms with Crippen molar-refractivity contribution in [1.82, 2.24) is 4.98 Å². The van der Waals surface area contributed by atoms with Crippen LogP contribution in [0, 0.1) is 0 Å². The Bertz CT molecular complexity index is 541. The van der Waals surface area contributed by atoms with E-state index in [0.717, 1.165) is 49.4 Å². The number of fused-ring (bicyclic) bond motifs is 1. The number of nitrogens with zero attached hydrogens (tertiary/aromatic N) is 2. The lowest BCUT2D eigenvalue weighted by Crippen LogP contribution is -2.32. The van der Waals surface area contributed by atoms with Crippen molar-refractivity contribution in [3.8, 4) is 0 Å². The Labute approximate surface area is 133 Å². The van der Waals surface area contributed by atoms with E-state index in [4.69, 9.17) is 9.72 Å². The van der Waals surface area contributed by atoms with E-state index < -0.39 is 0 Å². The molecule has 0 unspecified atom stereocenters. The first-order valence-corrected chi connectivity index (χ1v) is 8.35. The van der Waals surface area contributed by atoms with Crippen LogP contribution in [-0.2, 0) is 16.6 Å². The molecule has 0 aliphatic carbocycles. The number of hydrogen-bond donors (Lipinski definition) is 0. The number of cyclic esters (lactones) is 1. The minimum Gasteiger partial charge on any atom is -0.462 e. The van der Waals surface area contributed by atoms with Gasteiger partial charge in [-0.15, -0.1) is 0 Å². The van der Waals surface area contributed by atoms with Crippen LogP contribution in [-0.4, -0.2) is 30.6 Å². The molecule has 0 spiro atoms. The van der Waals surface area contributed by atoms with E-state index in [1.165, 1.54) is 0 Å². The molecule has 2 rings (SSSR count). The molecule has 122 valence electrons. The van der Waals surface area contributed by atoms with E-state index in [-0.39, 0.29) is 11.4 Å². The fourth-order valence-electron chi connectivity index (χ4n) is 2.80. The second-order valence-electron chi connectivity index (χ2n) is 6.99. The van der Waals surface area contributed by atoms with Crippen LogP contribution in [0.25, 0.3) is 0 Å². The molecule has 0 N–H and O–H groups in total. The third-order valence-corrected chi connectivity index (χ3v) is 3.95. The highest BCUT2D eigenvalue weighted by Crippen LogP contribution is 2.31. The number of esters is 1. The van der Waals surface area contributed by atoms with Crippen LogP contribution in [0.5, 0.6) is 0 Å². The molecule has 0 radical (unpaired) electrons. The van der Waals surface area contributed by atoms with Gasteiger partial charge in [-0.1, -0.05) is 34.6 Å². The molecule has 0 bridgehead atoms. The average molecular weight is 304 g/mol. The quantitative estimate of drug-likeness (QED) is 0.778. The second kappa shape index (κ2) is 6.67. The predicted molar refractivity (Wildman–Crippen MR) is 89.7 cm³/mol. The van der Waals surface area contributed by atoms with Gasteiger partial charge in [-0.2, -0.15) is 0 Å². The number of anilines is 1. The Hall–Kier alpha value is -1.58. The summed E-state index contributed by atoms with van der Waals surface area (Å²) in [7, 11) is 0. The third-order valence-electron chi connectivity index (χ3n) is 3.95. The molecule has 0 saturated heterocycles. The summed E-state index contributed by atoms with van der Waals surface area (Å²) in [6.45, 7) is 13.1. The molecule has 0 fully saturated rings. The number of ether oxygens (including phenoxy) is 1. The molecule has 2 heterocycles. The molecule has 0 amide bonds. The predicted octanol–water partition coefficient (Wildman–Crippen LogP) is 3.72. The fraction of sp³-hybridized carbons (Fsp3) is 0.667. The Morgan fingerprint density at radius 2 is 1.86 bits per heavy atom. The minimum absolute atomic E-state index is 0.0325. The van der Waals surface area contributed by atoms with Crippen LogP contribution >= 0.6 is 0 Å². The summed E-state index contributed by atoms with van der Waals surface area (Å²) in [6, 6.07) is 2.09. The highest BCUT2D eigenvalue weighted by Gasteiger charge is 2.29. The van der Waals surface area contributed by atoms with Crippen molar-refractivity contribution in [2.45, 2.75) is 59.3 Å². The summed E-state index contributed by atoms with van der Waals surface area (Å²) in [4.78, 5) is 19.4. The molecule has 1 aromatic rings. The Balaban J connectivity index is 2.59. The third kappa shape index (κ3) is 3.42. The standard InChI is InChI=1S/C18H28N2O2/c1-6-9-20(10-7-2)16-15-13(8-11-22-17(15)21)12-14(19-16)18(3,4)5/h12H,6-11H2,1-5H3. The molecule has 4 nitrogen and oxygen atoms in total. The molecule has 4 heteroatoms. The molecular weight excluding hydrogens is 276 g/mol. The van der Waals surface area contributed by atoms with Gasteiger partial charge in [0.1, 0.15) is 11.4 Å². The number of pyridine rings is 1. The second-order valence-corrected chi connectivity index (χ2v) is 6.99. The van der Waals surface area contributed by atoms with Gasteiger partial charge in [0, 0.05) is 30.6 Å². The molecule has 22 heavy (non-hydrogen) atoms. The topological polar surface area (TPSA) is 42.4 Å². The summed E-state index contributed by atoms with van der Waals surface area (Å²) in [5.74, 6) is 0.595. The van der Waals surface area contributed by atoms with E-state index in [9.17, 15) is 4.79 Å². The molecular formula is C18H28N2O2. The van der Waals surface area contributed by atoms with Crippen molar-refractivity contribution in [2.75, 3.05) is 24.6 Å². The largest absolute Gasteiger partial charge is 0.462 e. The van der Waals surface area contributed by atoms with Gasteiger partial charge in [-0.25, -0.2) is 9.78 Å². The molecule has 0 saturated carbocycles. The minimum atomic E-state index is -0.221. The zero-order chi connectivity index (χ0) is 16.3. The van der Waals surface area contributed by atoms with Gasteiger partial charge in [-0.05, 0) is 24.5 Å². The van der Waals surface area contributed by atoms with E-state index in [1.807, 2.05) is 0 Å². The Kier molecular flexibility index (Phi) is 5.09. The van der Waals surface area contributed by atoms with Gasteiger partial charge >= 0.3 is 5.97 Å². The zero-order valence-electron chi connectivity index (χ0n) is 14.5. The number of carbonyl (C=O) groups excluding carboxylic acids is 1. The van der Waals surface area contributed by atoms with Crippen molar-refractivity contribution in [2.24, 2.45) is 0 Å². The van der Waals surface area contributed by atoms with E-state index in [2.05, 4.69) is 45.6 Å². The van der Waals surface area contributed by atoms with Crippen molar-refractivity contribution < 1.29 is 9.53 Å². The summed E-state index contributed by atoms with van der Waals surface area (Å²) < 4.78 is 5.27. The molecule has 0 aromatic carbocycles. The number of aromatic nitrogens is 1. The van der Waals surface area contributed by atoms with Gasteiger partial charge < -0.3 is 9.64 Å². The highest BCUT2D eigenvalue weighted by atomic mass is 16.5. The monoisotopic (exact) mass is 304 g/mol. The lowest BCUT2D eigenvalue weighted by atomic mass is 9.89. The lowest BCUT2D eigenvalue weighted by molar-refractivity contribution is 0.0480. The first-order chi connectivity index (χ1) is 10.4. The average Bonchev–Trinajstić information content (AvgIpc) is 2.45. The van der Waals surface area contributed by atoms with Crippen molar-refractivity contribution in [3.05, 3.63) is 22.9 Å². The summed E-state index contributed by atoms with van der Waals surface area (Å²) in [5, 5.41) is 0. The van der Waals surface area contributed by atoms with Crippen molar-refractivity contribution in [1.29, 1.82) is 0 Å². The fourth-order valence-corrected chi connectivity index (χ4v) is 2.80. The SMILES string of the molecule is CCCN(CCC)c1nc(C(C)(C)C)cc2c1C(=O)OCC2. The van der Waals surface area contributed by atoms with Crippen LogP contribution < -0.4 is 4.90 Å². The maximum Gasteiger partial charge on any atom is 0.342 e. The first-order valence-electron chi connectivity index (χ1n) is 8.35. The summed E-state index contributed by atoms with van der Waals surface area (Å²) >= 11 is 0. The van der Waals surface area contributed by atoms with E-state index >= 15 is 0 Å². The number of carbonyl (C=O) groups is 1. The zero-order valence-corrected chi connectivity index (χ0v) is 14.5. The normalized spacial score (nSPS) is 14.5. The van der Waals surface area contributed by atoms with E-state index in [0.29, 0.717) is 12.2 Å². The Morgan fingerprint density at radius 1 is 1.23 bits per heavy atom. The van der Waals surface area contributed by atoms with Crippen LogP contribution in [0.1, 0.15) is 69.1 Å². The Morgan fingerprint density at radius 3 is 2.41 bits per heavy atom. The van der Waals surface area contributed by atoms with Gasteiger partial charge in [0.2, 0.25) is 0 Å². The van der Waals surface area contributed by atoms with Crippen molar-refractivity contribution in [3.63, 3.8) is 0 Å². The number of hydrogen-bond acceptors (Lipinski definition) is 4. The maximum absolute atomic E-state index is 12.3. The van der Waals surface area contributed by atoms with E-state index in [1.54, 1.807) is 0 Å². The van der Waals surface area contributed by atoms with Crippen LogP contribution in [0.3, 0.4) is 0 Å². The van der Waals surface area contributed by atoms with Gasteiger partial charge in [0.25, 0.3) is 0 Å². The van der Waals surface area contributed by atoms with Gasteiger partial charge in [-0.3, -0.25) is 0 Å². The van der Waals surface area contributed by atoms with Crippen LogP contribution in [0.15, 0.2) is 6.07 Å². The lowest BCUT2D eigenvalue weighted by Gasteiger charge is -2.30. The maximum atomic E-state index is 12.3. The van der Waals surface area contributed by atoms with Gasteiger partial charge in [0.15, 0.2) is 0 Å². The summed E-state index contributed by atoms with van der Waals surface area (Å²) in [5.41, 5.74) is 2.78. The molecule has 1 aromatic heterocycles. The molecule has 1 aliphatic rings. The highest BCUT2D eigenvalue weighted by molar-refractivity contribution is 5.97. The summed E-state index contributed by atoms with van der Waals surface area (Å²) in [6.07, 6.45) is 2.85. The van der Waals surface area contributed by atoms with Crippen LogP contribution in [0.2, 0.25) is 0 Å². The van der Waals surface area contributed by atoms with Crippen molar-refractivity contribution >= 4 is 11.8 Å². The first kappa shape index (κ1) is 16.8. The number of rotatable bonds is 5. The van der Waals surface area contributed by atoms with Gasteiger partial charge in [0.05, 0.1) is 6.61 Å². The van der Waals surface area contributed by atoms with Crippen LogP contribution in [0.4, 0.5) is 5.82 Å².